The van der Waals surface area contributed by atoms with E-state index in [9.17, 15) is 0 Å². The van der Waals surface area contributed by atoms with E-state index in [4.69, 9.17) is 10.2 Å². The predicted octanol–water partition coefficient (Wildman–Crippen LogP) is 1.27. The molecule has 4 unspecified atom stereocenters. The molecule has 0 amide bonds. The first-order valence-electron chi connectivity index (χ1n) is 3.11. The summed E-state index contributed by atoms with van der Waals surface area (Å²) in [7, 11) is 0. The fraction of sp³-hybridized carbons (Fsp3) is 1.00. The molecule has 0 spiro atoms. The lowest BCUT2D eigenvalue weighted by Gasteiger charge is -2.21. The van der Waals surface area contributed by atoms with Crippen LogP contribution in [0.1, 0.15) is 13.8 Å². The molecule has 0 aliphatic heterocycles. The average molecular weight is 276 g/mol. The fourth-order valence-electron chi connectivity index (χ4n) is 0.532. The predicted molar refractivity (Wildman–Crippen MR) is 48.8 cm³/mol. The van der Waals surface area contributed by atoms with Crippen molar-refractivity contribution >= 4 is 31.9 Å². The van der Waals surface area contributed by atoms with Crippen LogP contribution < -0.4 is 0 Å². The van der Waals surface area contributed by atoms with Gasteiger partial charge in [-0.15, -0.1) is 0 Å². The SMILES string of the molecule is CC(O)C(Br)C(Br)C(C)O. The van der Waals surface area contributed by atoms with E-state index in [1.54, 1.807) is 13.8 Å². The Kier molecular flexibility index (Phi) is 5.11. The monoisotopic (exact) mass is 274 g/mol. The number of alkyl halides is 2. The van der Waals surface area contributed by atoms with E-state index < -0.39 is 12.2 Å². The molecule has 0 heterocycles. The molecule has 0 aliphatic rings. The van der Waals surface area contributed by atoms with Crippen LogP contribution in [0.5, 0.6) is 0 Å². The van der Waals surface area contributed by atoms with Crippen molar-refractivity contribution in [2.24, 2.45) is 0 Å². The van der Waals surface area contributed by atoms with Crippen LogP contribution in [0, 0.1) is 0 Å². The van der Waals surface area contributed by atoms with Gasteiger partial charge >= 0.3 is 0 Å². The molecule has 0 saturated heterocycles. The Bertz CT molecular complexity index is 83.7. The molecule has 62 valence electrons. The minimum Gasteiger partial charge on any atom is -0.392 e. The Hall–Kier alpha value is 0.880. The van der Waals surface area contributed by atoms with Crippen molar-refractivity contribution in [3.05, 3.63) is 0 Å². The zero-order valence-electron chi connectivity index (χ0n) is 5.96. The fourth-order valence-corrected chi connectivity index (χ4v) is 1.42. The summed E-state index contributed by atoms with van der Waals surface area (Å²) in [5, 5.41) is 18.1. The molecule has 4 atom stereocenters. The zero-order valence-corrected chi connectivity index (χ0v) is 9.13. The van der Waals surface area contributed by atoms with Crippen LogP contribution >= 0.6 is 31.9 Å². The Morgan fingerprint density at radius 2 is 1.10 bits per heavy atom. The molecule has 0 saturated carbocycles. The first-order chi connectivity index (χ1) is 4.46. The normalized spacial score (nSPS) is 23.4. The van der Waals surface area contributed by atoms with Crippen LogP contribution in [-0.4, -0.2) is 32.1 Å². The smallest absolute Gasteiger partial charge is 0.0648 e. The van der Waals surface area contributed by atoms with E-state index in [-0.39, 0.29) is 9.65 Å². The third kappa shape index (κ3) is 3.32. The van der Waals surface area contributed by atoms with Gasteiger partial charge in [0.05, 0.1) is 21.9 Å². The first-order valence-corrected chi connectivity index (χ1v) is 4.94. The Morgan fingerprint density at radius 3 is 1.20 bits per heavy atom. The van der Waals surface area contributed by atoms with Crippen LogP contribution in [0.25, 0.3) is 0 Å². The van der Waals surface area contributed by atoms with E-state index in [1.807, 2.05) is 0 Å². The van der Waals surface area contributed by atoms with E-state index in [0.717, 1.165) is 0 Å². The van der Waals surface area contributed by atoms with Crippen molar-refractivity contribution in [2.75, 3.05) is 0 Å². The van der Waals surface area contributed by atoms with Crippen molar-refractivity contribution in [3.8, 4) is 0 Å². The lowest BCUT2D eigenvalue weighted by Crippen LogP contribution is -2.33. The van der Waals surface area contributed by atoms with Crippen LogP contribution in [0.4, 0.5) is 0 Å². The van der Waals surface area contributed by atoms with E-state index >= 15 is 0 Å². The molecule has 0 bridgehead atoms. The molecule has 0 fully saturated rings. The third-order valence-electron chi connectivity index (χ3n) is 1.23. The van der Waals surface area contributed by atoms with Gasteiger partial charge in [0.15, 0.2) is 0 Å². The third-order valence-corrected chi connectivity index (χ3v) is 4.60. The van der Waals surface area contributed by atoms with Gasteiger partial charge in [-0.25, -0.2) is 0 Å². The van der Waals surface area contributed by atoms with Crippen LogP contribution in [0.3, 0.4) is 0 Å². The first kappa shape index (κ1) is 10.9. The summed E-state index contributed by atoms with van der Waals surface area (Å²) in [6.07, 6.45) is -0.919. The van der Waals surface area contributed by atoms with E-state index in [1.165, 1.54) is 0 Å². The summed E-state index contributed by atoms with van der Waals surface area (Å²) in [6, 6.07) is 0. The molecular formula is C6H12Br2O2. The van der Waals surface area contributed by atoms with Gasteiger partial charge in [0.2, 0.25) is 0 Å². The van der Waals surface area contributed by atoms with E-state index in [0.29, 0.717) is 0 Å². The van der Waals surface area contributed by atoms with Crippen molar-refractivity contribution in [3.63, 3.8) is 0 Å². The second kappa shape index (κ2) is 4.70. The quantitative estimate of drug-likeness (QED) is 0.762. The van der Waals surface area contributed by atoms with Gasteiger partial charge in [0.25, 0.3) is 0 Å². The Balaban J connectivity index is 3.81. The van der Waals surface area contributed by atoms with Gasteiger partial charge in [-0.1, -0.05) is 31.9 Å². The van der Waals surface area contributed by atoms with Gasteiger partial charge in [0, 0.05) is 0 Å². The van der Waals surface area contributed by atoms with Crippen molar-refractivity contribution in [1.82, 2.24) is 0 Å². The van der Waals surface area contributed by atoms with Crippen LogP contribution in [-0.2, 0) is 0 Å². The zero-order chi connectivity index (χ0) is 8.31. The number of halogens is 2. The second-order valence-corrected chi connectivity index (χ2v) is 4.48. The molecule has 0 aromatic carbocycles. The van der Waals surface area contributed by atoms with Crippen molar-refractivity contribution in [1.29, 1.82) is 0 Å². The molecule has 0 aromatic heterocycles. The minimum atomic E-state index is -0.459. The van der Waals surface area contributed by atoms with Gasteiger partial charge in [-0.05, 0) is 13.8 Å². The highest BCUT2D eigenvalue weighted by molar-refractivity contribution is 9.12. The molecule has 0 radical (unpaired) electrons. The van der Waals surface area contributed by atoms with Crippen molar-refractivity contribution < 1.29 is 10.2 Å². The van der Waals surface area contributed by atoms with Crippen molar-refractivity contribution in [2.45, 2.75) is 35.7 Å². The summed E-state index contributed by atoms with van der Waals surface area (Å²) in [5.41, 5.74) is 0. The largest absolute Gasteiger partial charge is 0.392 e. The highest BCUT2D eigenvalue weighted by Crippen LogP contribution is 2.20. The number of hydrogen-bond acceptors (Lipinski definition) is 2. The molecule has 10 heavy (non-hydrogen) atoms. The standard InChI is InChI=1S/C6H12Br2O2/c1-3(9)5(7)6(8)4(2)10/h3-6,9-10H,1-2H3. The summed E-state index contributed by atoms with van der Waals surface area (Å²) < 4.78 is 0. The molecule has 0 aromatic rings. The Labute approximate surface area is 77.9 Å². The lowest BCUT2D eigenvalue weighted by atomic mass is 10.1. The molecule has 0 rings (SSSR count). The van der Waals surface area contributed by atoms with Gasteiger partial charge in [-0.3, -0.25) is 0 Å². The molecule has 0 aliphatic carbocycles. The van der Waals surface area contributed by atoms with Gasteiger partial charge in [0.1, 0.15) is 0 Å². The summed E-state index contributed by atoms with van der Waals surface area (Å²) >= 11 is 6.50. The summed E-state index contributed by atoms with van der Waals surface area (Å²) in [5.74, 6) is 0. The maximum atomic E-state index is 9.05. The number of rotatable bonds is 3. The maximum absolute atomic E-state index is 9.05. The van der Waals surface area contributed by atoms with E-state index in [2.05, 4.69) is 31.9 Å². The molecule has 4 heteroatoms. The molecular weight excluding hydrogens is 264 g/mol. The topological polar surface area (TPSA) is 40.5 Å². The summed E-state index contributed by atoms with van der Waals surface area (Å²) in [6.45, 7) is 3.35. The number of aliphatic hydroxyl groups excluding tert-OH is 2. The second-order valence-electron chi connectivity index (χ2n) is 2.37. The number of aliphatic hydroxyl groups is 2. The van der Waals surface area contributed by atoms with Crippen LogP contribution in [0.15, 0.2) is 0 Å². The molecule has 2 nitrogen and oxygen atoms in total. The minimum absolute atomic E-state index is 0.104. The molecule has 2 N–H and O–H groups in total. The average Bonchev–Trinajstić information content (AvgIpc) is 1.84. The maximum Gasteiger partial charge on any atom is 0.0648 e. The highest BCUT2D eigenvalue weighted by atomic mass is 79.9. The highest BCUT2D eigenvalue weighted by Gasteiger charge is 2.24. The van der Waals surface area contributed by atoms with Gasteiger partial charge in [-0.2, -0.15) is 0 Å². The summed E-state index contributed by atoms with van der Waals surface area (Å²) in [4.78, 5) is -0.208. The Morgan fingerprint density at radius 1 is 0.900 bits per heavy atom. The number of hydrogen-bond donors (Lipinski definition) is 2. The van der Waals surface area contributed by atoms with Crippen LogP contribution in [0.2, 0.25) is 0 Å². The van der Waals surface area contributed by atoms with Gasteiger partial charge < -0.3 is 10.2 Å². The lowest BCUT2D eigenvalue weighted by molar-refractivity contribution is 0.148.